The third kappa shape index (κ3) is 1.91. The lowest BCUT2D eigenvalue weighted by Crippen LogP contribution is -2.08. The molecule has 0 bridgehead atoms. The number of nitrogens with zero attached hydrogens (tertiary/aromatic N) is 2. The molecule has 0 saturated heterocycles. The third-order valence-corrected chi connectivity index (χ3v) is 1.39. The van der Waals surface area contributed by atoms with E-state index in [1.54, 1.807) is 0 Å². The summed E-state index contributed by atoms with van der Waals surface area (Å²) in [5.41, 5.74) is 6.05. The summed E-state index contributed by atoms with van der Waals surface area (Å²) in [6.07, 6.45) is 2.94. The Morgan fingerprint density at radius 3 is 3.08 bits per heavy atom. The number of carbonyl (C=O) groups is 1. The summed E-state index contributed by atoms with van der Waals surface area (Å²) in [7, 11) is 1.32. The molecule has 64 valence electrons. The number of rotatable bonds is 2. The SMILES string of the molecule is COC(=O)Cc1cncnc1N. The van der Waals surface area contributed by atoms with E-state index in [1.165, 1.54) is 19.6 Å². The number of anilines is 1. The summed E-state index contributed by atoms with van der Waals surface area (Å²) < 4.78 is 4.46. The van der Waals surface area contributed by atoms with Crippen LogP contribution in [0.15, 0.2) is 12.5 Å². The molecule has 0 fully saturated rings. The number of nitrogen functional groups attached to an aromatic ring is 1. The van der Waals surface area contributed by atoms with Gasteiger partial charge in [0.2, 0.25) is 0 Å². The van der Waals surface area contributed by atoms with E-state index in [-0.39, 0.29) is 12.4 Å². The summed E-state index contributed by atoms with van der Waals surface area (Å²) in [5.74, 6) is -0.0353. The van der Waals surface area contributed by atoms with Crippen LogP contribution >= 0.6 is 0 Å². The molecule has 1 rings (SSSR count). The van der Waals surface area contributed by atoms with Crippen LogP contribution in [0.3, 0.4) is 0 Å². The molecule has 1 aromatic heterocycles. The zero-order valence-corrected chi connectivity index (χ0v) is 6.65. The Hall–Kier alpha value is -1.65. The molecule has 12 heavy (non-hydrogen) atoms. The molecule has 0 radical (unpaired) electrons. The van der Waals surface area contributed by atoms with Gasteiger partial charge in [-0.1, -0.05) is 0 Å². The summed E-state index contributed by atoms with van der Waals surface area (Å²) in [6.45, 7) is 0. The summed E-state index contributed by atoms with van der Waals surface area (Å²) in [6, 6.07) is 0. The Balaban J connectivity index is 2.75. The predicted octanol–water partition coefficient (Wildman–Crippen LogP) is -0.226. The van der Waals surface area contributed by atoms with Crippen molar-refractivity contribution in [3.8, 4) is 0 Å². The zero-order chi connectivity index (χ0) is 8.97. The second kappa shape index (κ2) is 3.66. The maximum absolute atomic E-state index is 10.8. The maximum atomic E-state index is 10.8. The molecule has 0 spiro atoms. The largest absolute Gasteiger partial charge is 0.469 e. The number of nitrogens with two attached hydrogens (primary N) is 1. The van der Waals surface area contributed by atoms with Crippen LogP contribution in [-0.2, 0) is 16.0 Å². The Labute approximate surface area is 69.6 Å². The molecule has 5 nitrogen and oxygen atoms in total. The molecule has 1 aromatic rings. The summed E-state index contributed by atoms with van der Waals surface area (Å²) >= 11 is 0. The van der Waals surface area contributed by atoms with Gasteiger partial charge < -0.3 is 10.5 Å². The third-order valence-electron chi connectivity index (χ3n) is 1.39. The Morgan fingerprint density at radius 1 is 1.75 bits per heavy atom. The first-order chi connectivity index (χ1) is 5.74. The summed E-state index contributed by atoms with van der Waals surface area (Å²) in [5, 5.41) is 0. The molecular weight excluding hydrogens is 158 g/mol. The first-order valence-electron chi connectivity index (χ1n) is 3.35. The van der Waals surface area contributed by atoms with Crippen molar-refractivity contribution >= 4 is 11.8 Å². The fourth-order valence-corrected chi connectivity index (χ4v) is 0.732. The molecule has 5 heteroatoms. The molecular formula is C7H9N3O2. The number of aromatic nitrogens is 2. The Kier molecular flexibility index (Phi) is 2.57. The number of hydrogen-bond acceptors (Lipinski definition) is 5. The molecule has 0 unspecified atom stereocenters. The van der Waals surface area contributed by atoms with E-state index < -0.39 is 0 Å². The lowest BCUT2D eigenvalue weighted by Gasteiger charge is -2.00. The van der Waals surface area contributed by atoms with Gasteiger partial charge in [-0.2, -0.15) is 0 Å². The van der Waals surface area contributed by atoms with Crippen LogP contribution in [0.2, 0.25) is 0 Å². The lowest BCUT2D eigenvalue weighted by atomic mass is 10.2. The minimum absolute atomic E-state index is 0.114. The molecule has 0 saturated carbocycles. The molecule has 0 aliphatic carbocycles. The van der Waals surface area contributed by atoms with Crippen molar-refractivity contribution in [1.82, 2.24) is 9.97 Å². The highest BCUT2D eigenvalue weighted by molar-refractivity contribution is 5.73. The smallest absolute Gasteiger partial charge is 0.310 e. The quantitative estimate of drug-likeness (QED) is 0.616. The fraction of sp³-hybridized carbons (Fsp3) is 0.286. The molecule has 0 aliphatic rings. The maximum Gasteiger partial charge on any atom is 0.310 e. The van der Waals surface area contributed by atoms with Gasteiger partial charge in [0.25, 0.3) is 0 Å². The van der Waals surface area contributed by atoms with Gasteiger partial charge in [-0.3, -0.25) is 4.79 Å². The Morgan fingerprint density at radius 2 is 2.50 bits per heavy atom. The minimum atomic E-state index is -0.350. The molecule has 2 N–H and O–H groups in total. The van der Waals surface area contributed by atoms with Crippen LogP contribution in [0.4, 0.5) is 5.82 Å². The second-order valence-electron chi connectivity index (χ2n) is 2.19. The van der Waals surface area contributed by atoms with Crippen LogP contribution in [0.25, 0.3) is 0 Å². The van der Waals surface area contributed by atoms with Crippen molar-refractivity contribution in [1.29, 1.82) is 0 Å². The molecule has 0 aliphatic heterocycles. The van der Waals surface area contributed by atoms with Crippen LogP contribution < -0.4 is 5.73 Å². The van der Waals surface area contributed by atoms with E-state index >= 15 is 0 Å². The van der Waals surface area contributed by atoms with E-state index in [4.69, 9.17) is 5.73 Å². The van der Waals surface area contributed by atoms with Gasteiger partial charge in [0.05, 0.1) is 13.5 Å². The predicted molar refractivity (Wildman–Crippen MR) is 42.2 cm³/mol. The van der Waals surface area contributed by atoms with Crippen molar-refractivity contribution in [2.75, 3.05) is 12.8 Å². The van der Waals surface area contributed by atoms with Crippen molar-refractivity contribution in [2.24, 2.45) is 0 Å². The molecule has 0 aromatic carbocycles. The zero-order valence-electron chi connectivity index (χ0n) is 6.65. The van der Waals surface area contributed by atoms with Gasteiger partial charge in [-0.15, -0.1) is 0 Å². The van der Waals surface area contributed by atoms with E-state index in [0.29, 0.717) is 11.4 Å². The first-order valence-corrected chi connectivity index (χ1v) is 3.35. The number of hydrogen-bond donors (Lipinski definition) is 1. The van der Waals surface area contributed by atoms with Crippen LogP contribution in [-0.4, -0.2) is 23.0 Å². The van der Waals surface area contributed by atoms with Gasteiger partial charge in [0.1, 0.15) is 12.1 Å². The van der Waals surface area contributed by atoms with Crippen molar-refractivity contribution in [2.45, 2.75) is 6.42 Å². The first kappa shape index (κ1) is 8.45. The molecule has 0 amide bonds. The summed E-state index contributed by atoms with van der Waals surface area (Å²) in [4.78, 5) is 18.3. The van der Waals surface area contributed by atoms with Crippen molar-refractivity contribution in [3.05, 3.63) is 18.1 Å². The highest BCUT2D eigenvalue weighted by Crippen LogP contribution is 2.05. The number of esters is 1. The number of carbonyl (C=O) groups excluding carboxylic acids is 1. The Bertz CT molecular complexity index is 288. The van der Waals surface area contributed by atoms with Gasteiger partial charge in [0.15, 0.2) is 0 Å². The number of methoxy groups -OCH3 is 1. The van der Waals surface area contributed by atoms with Gasteiger partial charge >= 0.3 is 5.97 Å². The topological polar surface area (TPSA) is 78.1 Å². The van der Waals surface area contributed by atoms with Crippen LogP contribution in [0, 0.1) is 0 Å². The van der Waals surface area contributed by atoms with Gasteiger partial charge in [-0.25, -0.2) is 9.97 Å². The van der Waals surface area contributed by atoms with E-state index in [1.807, 2.05) is 0 Å². The van der Waals surface area contributed by atoms with Gasteiger partial charge in [0, 0.05) is 11.8 Å². The van der Waals surface area contributed by atoms with Gasteiger partial charge in [-0.05, 0) is 0 Å². The second-order valence-corrected chi connectivity index (χ2v) is 2.19. The van der Waals surface area contributed by atoms with Crippen LogP contribution in [0.1, 0.15) is 5.56 Å². The van der Waals surface area contributed by atoms with E-state index in [0.717, 1.165) is 0 Å². The van der Waals surface area contributed by atoms with E-state index in [2.05, 4.69) is 14.7 Å². The fourth-order valence-electron chi connectivity index (χ4n) is 0.732. The minimum Gasteiger partial charge on any atom is -0.469 e. The van der Waals surface area contributed by atoms with E-state index in [9.17, 15) is 4.79 Å². The normalized spacial score (nSPS) is 9.42. The monoisotopic (exact) mass is 167 g/mol. The molecule has 0 atom stereocenters. The molecule has 1 heterocycles. The highest BCUT2D eigenvalue weighted by Gasteiger charge is 2.06. The van der Waals surface area contributed by atoms with Crippen molar-refractivity contribution < 1.29 is 9.53 Å². The average molecular weight is 167 g/mol. The lowest BCUT2D eigenvalue weighted by molar-refractivity contribution is -0.139. The highest BCUT2D eigenvalue weighted by atomic mass is 16.5. The average Bonchev–Trinajstić information content (AvgIpc) is 2.09. The number of ether oxygens (including phenoxy) is 1. The van der Waals surface area contributed by atoms with Crippen LogP contribution in [0.5, 0.6) is 0 Å². The standard InChI is InChI=1S/C7H9N3O2/c1-12-6(11)2-5-3-9-4-10-7(5)8/h3-4H,2H2,1H3,(H2,8,9,10). The van der Waals surface area contributed by atoms with Crippen molar-refractivity contribution in [3.63, 3.8) is 0 Å².